The third-order valence-corrected chi connectivity index (χ3v) is 3.24. The summed E-state index contributed by atoms with van der Waals surface area (Å²) in [7, 11) is 0. The number of aromatic nitrogens is 3. The third kappa shape index (κ3) is 4.13. The van der Waals surface area contributed by atoms with E-state index in [2.05, 4.69) is 41.2 Å². The van der Waals surface area contributed by atoms with Crippen LogP contribution >= 0.6 is 0 Å². The Morgan fingerprint density at radius 2 is 2.15 bits per heavy atom. The van der Waals surface area contributed by atoms with Gasteiger partial charge >= 0.3 is 0 Å². The fraction of sp³-hybridized carbons (Fsp3) is 0.533. The minimum Gasteiger partial charge on any atom is -0.339 e. The maximum Gasteiger partial charge on any atom is 0.228 e. The highest BCUT2D eigenvalue weighted by atomic mass is 16.5. The molecule has 0 amide bonds. The molecule has 108 valence electrons. The molecule has 20 heavy (non-hydrogen) atoms. The predicted molar refractivity (Wildman–Crippen MR) is 77.3 cm³/mol. The Balaban J connectivity index is 1.98. The zero-order valence-electron chi connectivity index (χ0n) is 12.3. The molecule has 0 fully saturated rings. The smallest absolute Gasteiger partial charge is 0.228 e. The second-order valence-electron chi connectivity index (χ2n) is 5.21. The summed E-state index contributed by atoms with van der Waals surface area (Å²) >= 11 is 0. The van der Waals surface area contributed by atoms with E-state index in [0.29, 0.717) is 30.1 Å². The van der Waals surface area contributed by atoms with Gasteiger partial charge in [-0.15, -0.1) is 0 Å². The molecule has 0 aliphatic carbocycles. The van der Waals surface area contributed by atoms with Crippen molar-refractivity contribution < 1.29 is 4.52 Å². The minimum absolute atomic E-state index is 0.364. The quantitative estimate of drug-likeness (QED) is 0.839. The maximum atomic E-state index is 5.33. The molecule has 2 heterocycles. The normalized spacial score (nSPS) is 12.8. The van der Waals surface area contributed by atoms with Crippen LogP contribution in [-0.4, -0.2) is 27.7 Å². The number of pyridine rings is 1. The topological polar surface area (TPSA) is 63.8 Å². The van der Waals surface area contributed by atoms with Crippen LogP contribution in [0.4, 0.5) is 0 Å². The van der Waals surface area contributed by atoms with Gasteiger partial charge in [0.25, 0.3) is 0 Å². The molecule has 1 N–H and O–H groups in total. The van der Waals surface area contributed by atoms with Gasteiger partial charge in [0, 0.05) is 24.4 Å². The van der Waals surface area contributed by atoms with Crippen LogP contribution in [0.25, 0.3) is 0 Å². The lowest BCUT2D eigenvalue weighted by atomic mass is 10.0. The molecule has 0 aromatic carbocycles. The Labute approximate surface area is 119 Å². The van der Waals surface area contributed by atoms with Crippen molar-refractivity contribution in [3.63, 3.8) is 0 Å². The van der Waals surface area contributed by atoms with Gasteiger partial charge < -0.3 is 9.84 Å². The molecule has 0 aliphatic heterocycles. The average molecular weight is 274 g/mol. The molecule has 0 aliphatic rings. The second kappa shape index (κ2) is 7.14. The van der Waals surface area contributed by atoms with Crippen molar-refractivity contribution in [1.29, 1.82) is 0 Å². The summed E-state index contributed by atoms with van der Waals surface area (Å²) in [5.74, 6) is 1.91. The summed E-state index contributed by atoms with van der Waals surface area (Å²) in [4.78, 5) is 8.72. The predicted octanol–water partition coefficient (Wildman–Crippen LogP) is 2.23. The van der Waals surface area contributed by atoms with Gasteiger partial charge in [-0.2, -0.15) is 4.98 Å². The van der Waals surface area contributed by atoms with Gasteiger partial charge in [-0.25, -0.2) is 0 Å². The molecular weight excluding hydrogens is 252 g/mol. The summed E-state index contributed by atoms with van der Waals surface area (Å²) in [6, 6.07) is 6.19. The molecule has 2 aromatic rings. The number of nitrogens with one attached hydrogen (secondary N) is 1. The van der Waals surface area contributed by atoms with Gasteiger partial charge in [0.15, 0.2) is 5.82 Å². The van der Waals surface area contributed by atoms with Crippen molar-refractivity contribution in [3.8, 4) is 0 Å². The van der Waals surface area contributed by atoms with E-state index in [1.54, 1.807) is 6.20 Å². The largest absolute Gasteiger partial charge is 0.339 e. The fourth-order valence-electron chi connectivity index (χ4n) is 2.10. The third-order valence-electron chi connectivity index (χ3n) is 3.24. The van der Waals surface area contributed by atoms with Crippen LogP contribution < -0.4 is 5.32 Å². The Morgan fingerprint density at radius 1 is 1.30 bits per heavy atom. The van der Waals surface area contributed by atoms with E-state index < -0.39 is 0 Å². The first-order valence-corrected chi connectivity index (χ1v) is 7.13. The van der Waals surface area contributed by atoms with Gasteiger partial charge in [-0.1, -0.05) is 32.0 Å². The van der Waals surface area contributed by atoms with E-state index in [9.17, 15) is 0 Å². The fourth-order valence-corrected chi connectivity index (χ4v) is 2.10. The molecule has 0 saturated heterocycles. The summed E-state index contributed by atoms with van der Waals surface area (Å²) in [5, 5.41) is 7.48. The summed E-state index contributed by atoms with van der Waals surface area (Å²) in [6.07, 6.45) is 3.15. The highest BCUT2D eigenvalue weighted by molar-refractivity contribution is 5.09. The lowest BCUT2D eigenvalue weighted by Crippen LogP contribution is -2.35. The van der Waals surface area contributed by atoms with Gasteiger partial charge in [0.05, 0.1) is 6.42 Å². The monoisotopic (exact) mass is 274 g/mol. The first kappa shape index (κ1) is 14.7. The summed E-state index contributed by atoms with van der Waals surface area (Å²) < 4.78 is 5.33. The molecule has 0 bridgehead atoms. The minimum atomic E-state index is 0.364. The van der Waals surface area contributed by atoms with Crippen molar-refractivity contribution in [2.75, 3.05) is 6.54 Å². The second-order valence-corrected chi connectivity index (χ2v) is 5.21. The standard InChI is InChI=1S/C15H22N4O/c1-4-16-13(11(2)3)10-15-18-14(19-20-15)9-12-7-5-6-8-17-12/h5-8,11,13,16H,4,9-10H2,1-3H3. The highest BCUT2D eigenvalue weighted by Crippen LogP contribution is 2.10. The van der Waals surface area contributed by atoms with Gasteiger partial charge in [-0.3, -0.25) is 4.98 Å². The Kier molecular flexibility index (Phi) is 5.24. The lowest BCUT2D eigenvalue weighted by Gasteiger charge is -2.19. The van der Waals surface area contributed by atoms with E-state index in [0.717, 1.165) is 18.7 Å². The van der Waals surface area contributed by atoms with Crippen LogP contribution in [0.1, 0.15) is 38.2 Å². The molecule has 2 aromatic heterocycles. The van der Waals surface area contributed by atoms with E-state index in [-0.39, 0.29) is 0 Å². The van der Waals surface area contributed by atoms with Crippen molar-refractivity contribution in [2.24, 2.45) is 5.92 Å². The van der Waals surface area contributed by atoms with Crippen LogP contribution in [0, 0.1) is 5.92 Å². The maximum absolute atomic E-state index is 5.33. The zero-order chi connectivity index (χ0) is 14.4. The van der Waals surface area contributed by atoms with Crippen molar-refractivity contribution in [3.05, 3.63) is 41.8 Å². The average Bonchev–Trinajstić information content (AvgIpc) is 2.86. The molecule has 2 rings (SSSR count). The molecule has 1 atom stereocenters. The molecule has 5 heteroatoms. The van der Waals surface area contributed by atoms with Crippen LogP contribution in [0.3, 0.4) is 0 Å². The van der Waals surface area contributed by atoms with E-state index >= 15 is 0 Å². The van der Waals surface area contributed by atoms with Crippen LogP contribution in [-0.2, 0) is 12.8 Å². The van der Waals surface area contributed by atoms with Gasteiger partial charge in [0.1, 0.15) is 0 Å². The van der Waals surface area contributed by atoms with Crippen LogP contribution in [0.15, 0.2) is 28.9 Å². The van der Waals surface area contributed by atoms with Crippen molar-refractivity contribution >= 4 is 0 Å². The van der Waals surface area contributed by atoms with E-state index in [4.69, 9.17) is 4.52 Å². The molecule has 1 unspecified atom stereocenters. The number of hydrogen-bond acceptors (Lipinski definition) is 5. The molecule has 0 saturated carbocycles. The van der Waals surface area contributed by atoms with E-state index in [1.165, 1.54) is 0 Å². The molecular formula is C15H22N4O. The van der Waals surface area contributed by atoms with Crippen molar-refractivity contribution in [1.82, 2.24) is 20.4 Å². The first-order valence-electron chi connectivity index (χ1n) is 7.13. The number of nitrogens with zero attached hydrogens (tertiary/aromatic N) is 3. The Morgan fingerprint density at radius 3 is 2.80 bits per heavy atom. The number of likely N-dealkylation sites (N-methyl/N-ethyl adjacent to an activating group) is 1. The summed E-state index contributed by atoms with van der Waals surface area (Å²) in [6.45, 7) is 7.43. The zero-order valence-corrected chi connectivity index (χ0v) is 12.3. The molecule has 0 radical (unpaired) electrons. The molecule has 5 nitrogen and oxygen atoms in total. The molecule has 0 spiro atoms. The van der Waals surface area contributed by atoms with E-state index in [1.807, 2.05) is 18.2 Å². The van der Waals surface area contributed by atoms with Crippen molar-refractivity contribution in [2.45, 2.75) is 39.7 Å². The van der Waals surface area contributed by atoms with Crippen LogP contribution in [0.2, 0.25) is 0 Å². The first-order chi connectivity index (χ1) is 9.69. The highest BCUT2D eigenvalue weighted by Gasteiger charge is 2.17. The number of hydrogen-bond donors (Lipinski definition) is 1. The van der Waals surface area contributed by atoms with Crippen LogP contribution in [0.5, 0.6) is 0 Å². The number of rotatable bonds is 7. The Hall–Kier alpha value is -1.75. The summed E-state index contributed by atoms with van der Waals surface area (Å²) in [5.41, 5.74) is 0.951. The lowest BCUT2D eigenvalue weighted by molar-refractivity contribution is 0.327. The SMILES string of the molecule is CCNC(Cc1nc(Cc2ccccn2)no1)C(C)C. The Bertz CT molecular complexity index is 510. The van der Waals surface area contributed by atoms with Gasteiger partial charge in [-0.05, 0) is 24.6 Å². The van der Waals surface area contributed by atoms with Gasteiger partial charge in [0.2, 0.25) is 5.89 Å².